The highest BCUT2D eigenvalue weighted by molar-refractivity contribution is 6.32. The summed E-state index contributed by atoms with van der Waals surface area (Å²) in [7, 11) is 0. The number of pyridine rings is 1. The van der Waals surface area contributed by atoms with Crippen LogP contribution in [0.4, 0.5) is 5.69 Å². The van der Waals surface area contributed by atoms with Gasteiger partial charge in [0.1, 0.15) is 11.3 Å². The van der Waals surface area contributed by atoms with Crippen molar-refractivity contribution >= 4 is 29.2 Å². The van der Waals surface area contributed by atoms with Gasteiger partial charge in [-0.05, 0) is 12.8 Å². The normalized spacial score (nSPS) is 18.3. The van der Waals surface area contributed by atoms with Gasteiger partial charge in [0, 0.05) is 19.2 Å². The molecule has 9 heteroatoms. The van der Waals surface area contributed by atoms with Crippen LogP contribution in [0.3, 0.4) is 0 Å². The zero-order valence-corrected chi connectivity index (χ0v) is 11.6. The van der Waals surface area contributed by atoms with Crippen molar-refractivity contribution < 1.29 is 19.6 Å². The lowest BCUT2D eigenvalue weighted by Gasteiger charge is -2.30. The maximum atomic E-state index is 12.3. The van der Waals surface area contributed by atoms with Crippen LogP contribution >= 0.6 is 11.6 Å². The van der Waals surface area contributed by atoms with Crippen LogP contribution in [0.15, 0.2) is 12.3 Å². The van der Waals surface area contributed by atoms with Gasteiger partial charge in [0.05, 0.1) is 16.4 Å². The summed E-state index contributed by atoms with van der Waals surface area (Å²) >= 11 is 5.82. The summed E-state index contributed by atoms with van der Waals surface area (Å²) in [4.78, 5) is 38.4. The zero-order chi connectivity index (χ0) is 15.6. The molecule has 0 radical (unpaired) electrons. The number of aliphatic carboxylic acids is 1. The number of nitro groups is 1. The van der Waals surface area contributed by atoms with Gasteiger partial charge in [-0.3, -0.25) is 19.7 Å². The van der Waals surface area contributed by atoms with Crippen molar-refractivity contribution in [2.75, 3.05) is 13.1 Å². The minimum absolute atomic E-state index is 0.0627. The largest absolute Gasteiger partial charge is 0.481 e. The Hall–Kier alpha value is -2.22. The number of likely N-dealkylation sites (tertiary alicyclic amines) is 1. The second-order valence-electron chi connectivity index (χ2n) is 4.72. The molecule has 1 aliphatic rings. The van der Waals surface area contributed by atoms with Crippen molar-refractivity contribution in [1.82, 2.24) is 9.88 Å². The molecule has 1 aliphatic heterocycles. The minimum atomic E-state index is -0.962. The van der Waals surface area contributed by atoms with E-state index in [4.69, 9.17) is 16.7 Å². The fourth-order valence-corrected chi connectivity index (χ4v) is 2.40. The Morgan fingerprint density at radius 1 is 1.52 bits per heavy atom. The molecular formula is C12H12ClN3O5. The highest BCUT2D eigenvalue weighted by atomic mass is 35.5. The zero-order valence-electron chi connectivity index (χ0n) is 10.9. The van der Waals surface area contributed by atoms with Crippen molar-refractivity contribution in [3.8, 4) is 0 Å². The Morgan fingerprint density at radius 3 is 2.86 bits per heavy atom. The molecule has 1 aromatic rings. The smallest absolute Gasteiger partial charge is 0.308 e. The second-order valence-corrected chi connectivity index (χ2v) is 5.08. The summed E-state index contributed by atoms with van der Waals surface area (Å²) in [6.45, 7) is 0.453. The van der Waals surface area contributed by atoms with E-state index in [-0.39, 0.29) is 22.9 Å². The van der Waals surface area contributed by atoms with E-state index in [1.807, 2.05) is 0 Å². The van der Waals surface area contributed by atoms with Crippen molar-refractivity contribution in [3.63, 3.8) is 0 Å². The van der Waals surface area contributed by atoms with Crippen LogP contribution in [0.25, 0.3) is 0 Å². The summed E-state index contributed by atoms with van der Waals surface area (Å²) in [6.07, 6.45) is 2.03. The van der Waals surface area contributed by atoms with E-state index in [1.165, 1.54) is 4.90 Å². The number of amides is 1. The molecule has 1 aromatic heterocycles. The maximum absolute atomic E-state index is 12.3. The molecule has 112 valence electrons. The Morgan fingerprint density at radius 2 is 2.24 bits per heavy atom. The highest BCUT2D eigenvalue weighted by Crippen LogP contribution is 2.24. The average molecular weight is 314 g/mol. The monoisotopic (exact) mass is 313 g/mol. The molecule has 2 rings (SSSR count). The molecule has 0 spiro atoms. The van der Waals surface area contributed by atoms with Crippen LogP contribution in [0.2, 0.25) is 5.15 Å². The number of piperidine rings is 1. The third-order valence-electron chi connectivity index (χ3n) is 3.32. The number of carboxylic acids is 1. The van der Waals surface area contributed by atoms with Gasteiger partial charge < -0.3 is 10.0 Å². The van der Waals surface area contributed by atoms with Gasteiger partial charge >= 0.3 is 5.97 Å². The van der Waals surface area contributed by atoms with E-state index in [0.29, 0.717) is 19.4 Å². The van der Waals surface area contributed by atoms with Crippen LogP contribution in [0, 0.1) is 16.0 Å². The van der Waals surface area contributed by atoms with Gasteiger partial charge in [-0.15, -0.1) is 0 Å². The number of carbonyl (C=O) groups excluding carboxylic acids is 1. The third kappa shape index (κ3) is 3.27. The second kappa shape index (κ2) is 6.04. The van der Waals surface area contributed by atoms with Gasteiger partial charge in [-0.1, -0.05) is 11.6 Å². The number of carbonyl (C=O) groups is 2. The Kier molecular flexibility index (Phi) is 4.37. The van der Waals surface area contributed by atoms with Gasteiger partial charge in [0.25, 0.3) is 11.6 Å². The van der Waals surface area contributed by atoms with Crippen molar-refractivity contribution in [1.29, 1.82) is 0 Å². The lowest BCUT2D eigenvalue weighted by atomic mass is 9.98. The van der Waals surface area contributed by atoms with E-state index in [0.717, 1.165) is 12.3 Å². The van der Waals surface area contributed by atoms with Crippen LogP contribution in [0.5, 0.6) is 0 Å². The average Bonchev–Trinajstić information content (AvgIpc) is 2.47. The quantitative estimate of drug-likeness (QED) is 0.515. The molecule has 0 unspecified atom stereocenters. The Balaban J connectivity index is 2.25. The molecule has 0 bridgehead atoms. The number of hydrogen-bond acceptors (Lipinski definition) is 5. The molecule has 2 heterocycles. The molecule has 1 fully saturated rings. The molecule has 1 amide bonds. The van der Waals surface area contributed by atoms with Gasteiger partial charge in [0.15, 0.2) is 0 Å². The maximum Gasteiger partial charge on any atom is 0.308 e. The number of hydrogen-bond donors (Lipinski definition) is 1. The van der Waals surface area contributed by atoms with Crippen molar-refractivity contribution in [3.05, 3.63) is 33.1 Å². The molecule has 8 nitrogen and oxygen atoms in total. The van der Waals surface area contributed by atoms with E-state index >= 15 is 0 Å². The highest BCUT2D eigenvalue weighted by Gasteiger charge is 2.30. The van der Waals surface area contributed by atoms with Crippen LogP contribution in [-0.2, 0) is 4.79 Å². The molecule has 0 aliphatic carbocycles. The fourth-order valence-electron chi connectivity index (χ4n) is 2.22. The lowest BCUT2D eigenvalue weighted by molar-refractivity contribution is -0.385. The van der Waals surface area contributed by atoms with Crippen molar-refractivity contribution in [2.24, 2.45) is 5.92 Å². The lowest BCUT2D eigenvalue weighted by Crippen LogP contribution is -2.42. The number of aromatic nitrogens is 1. The molecule has 1 N–H and O–H groups in total. The predicted molar refractivity (Wildman–Crippen MR) is 72.2 cm³/mol. The summed E-state index contributed by atoms with van der Waals surface area (Å²) in [5, 5.41) is 19.6. The van der Waals surface area contributed by atoms with Gasteiger partial charge in [0.2, 0.25) is 0 Å². The predicted octanol–water partition coefficient (Wildman–Crippen LogP) is 1.58. The molecule has 0 aromatic carbocycles. The molecule has 21 heavy (non-hydrogen) atoms. The number of carboxylic acid groups (broad SMARTS) is 1. The third-order valence-corrected chi connectivity index (χ3v) is 3.62. The van der Waals surface area contributed by atoms with E-state index < -0.39 is 22.7 Å². The Labute approximate surface area is 124 Å². The number of nitrogens with zero attached hydrogens (tertiary/aromatic N) is 3. The minimum Gasteiger partial charge on any atom is -0.481 e. The summed E-state index contributed by atoms with van der Waals surface area (Å²) in [5.41, 5.74) is -0.425. The van der Waals surface area contributed by atoms with Crippen LogP contribution in [0.1, 0.15) is 23.2 Å². The van der Waals surface area contributed by atoms with Crippen LogP contribution < -0.4 is 0 Å². The topological polar surface area (TPSA) is 114 Å². The number of rotatable bonds is 3. The summed E-state index contributed by atoms with van der Waals surface area (Å²) in [5.74, 6) is -2.13. The van der Waals surface area contributed by atoms with Crippen LogP contribution in [-0.4, -0.2) is 44.9 Å². The number of halogens is 1. The standard InChI is InChI=1S/C12H12ClN3O5/c13-10-9(4-8(5-14-10)16(20)21)11(17)15-3-1-2-7(6-15)12(18)19/h4-5,7H,1-3,6H2,(H,18,19)/t7-/m0/s1. The molecule has 0 saturated carbocycles. The first kappa shape index (κ1) is 15.2. The summed E-state index contributed by atoms with van der Waals surface area (Å²) < 4.78 is 0. The van der Waals surface area contributed by atoms with E-state index in [1.54, 1.807) is 0 Å². The first-order valence-corrected chi connectivity index (χ1v) is 6.60. The SMILES string of the molecule is O=C(O)[C@H]1CCCN(C(=O)c2cc([N+](=O)[O-])cnc2Cl)C1. The van der Waals surface area contributed by atoms with E-state index in [9.17, 15) is 19.7 Å². The molecular weight excluding hydrogens is 302 g/mol. The van der Waals surface area contributed by atoms with E-state index in [2.05, 4.69) is 4.98 Å². The van der Waals surface area contributed by atoms with Crippen molar-refractivity contribution in [2.45, 2.75) is 12.8 Å². The molecule has 1 saturated heterocycles. The fraction of sp³-hybridized carbons (Fsp3) is 0.417. The first-order chi connectivity index (χ1) is 9.90. The first-order valence-electron chi connectivity index (χ1n) is 6.22. The Bertz CT molecular complexity index is 607. The molecule has 1 atom stereocenters. The van der Waals surface area contributed by atoms with Gasteiger partial charge in [-0.2, -0.15) is 0 Å². The summed E-state index contributed by atoms with van der Waals surface area (Å²) in [6, 6.07) is 1.06. The van der Waals surface area contributed by atoms with Gasteiger partial charge in [-0.25, -0.2) is 4.98 Å².